The number of nitrogens with zero attached hydrogens (tertiary/aromatic N) is 3. The second-order valence-electron chi connectivity index (χ2n) is 7.25. The molecule has 0 unspecified atom stereocenters. The fraction of sp³-hybridized carbons (Fsp3) is 0.0833. The predicted molar refractivity (Wildman–Crippen MR) is 137 cm³/mol. The highest BCUT2D eigenvalue weighted by atomic mass is 127. The van der Waals surface area contributed by atoms with E-state index in [1.165, 1.54) is 12.1 Å². The van der Waals surface area contributed by atoms with Crippen molar-refractivity contribution in [2.45, 2.75) is 6.92 Å². The second-order valence-corrected chi connectivity index (χ2v) is 8.50. The summed E-state index contributed by atoms with van der Waals surface area (Å²) < 4.78 is 17.6. The van der Waals surface area contributed by atoms with E-state index in [0.717, 1.165) is 21.8 Å². The molecule has 3 aromatic carbocycles. The molecule has 11 nitrogen and oxygen atoms in total. The molecule has 4 rings (SSSR count). The van der Waals surface area contributed by atoms with Crippen LogP contribution >= 0.6 is 22.6 Å². The molecule has 0 N–H and O–H groups in total. The molecular formula is C24H16IN3O8. The van der Waals surface area contributed by atoms with E-state index in [-0.39, 0.29) is 35.5 Å². The molecular weight excluding hydrogens is 585 g/mol. The first-order valence-corrected chi connectivity index (χ1v) is 11.5. The van der Waals surface area contributed by atoms with Gasteiger partial charge in [-0.05, 0) is 83.6 Å². The van der Waals surface area contributed by atoms with E-state index < -0.39 is 27.2 Å². The third-order valence-electron chi connectivity index (χ3n) is 4.85. The minimum atomic E-state index is -0.767. The summed E-state index contributed by atoms with van der Waals surface area (Å²) in [5.74, 6) is -0.217. The van der Waals surface area contributed by atoms with Gasteiger partial charge in [0.25, 0.3) is 5.69 Å². The number of ether oxygens (including phenoxy) is 3. The quantitative estimate of drug-likeness (QED) is 0.106. The van der Waals surface area contributed by atoms with E-state index in [0.29, 0.717) is 11.1 Å². The van der Waals surface area contributed by atoms with Crippen LogP contribution in [0.5, 0.6) is 17.2 Å². The molecule has 3 aromatic rings. The van der Waals surface area contributed by atoms with Gasteiger partial charge in [0.05, 0.1) is 22.5 Å². The van der Waals surface area contributed by atoms with Crippen LogP contribution in [0.25, 0.3) is 6.08 Å². The first-order chi connectivity index (χ1) is 17.2. The highest BCUT2D eigenvalue weighted by Gasteiger charge is 2.25. The maximum absolute atomic E-state index is 12.4. The maximum Gasteiger partial charge on any atom is 0.363 e. The molecule has 0 saturated carbocycles. The fourth-order valence-corrected chi connectivity index (χ4v) is 3.58. The predicted octanol–water partition coefficient (Wildman–Crippen LogP) is 5.64. The lowest BCUT2D eigenvalue weighted by atomic mass is 10.1. The zero-order valence-electron chi connectivity index (χ0n) is 18.5. The molecule has 12 heteroatoms. The minimum Gasteiger partial charge on any atom is -0.490 e. The van der Waals surface area contributed by atoms with Crippen LogP contribution in [0.2, 0.25) is 0 Å². The van der Waals surface area contributed by atoms with Crippen molar-refractivity contribution in [1.29, 1.82) is 0 Å². The summed E-state index contributed by atoms with van der Waals surface area (Å²) in [5, 5.41) is 22.4. The number of cyclic esters (lactones) is 1. The number of rotatable bonds is 8. The van der Waals surface area contributed by atoms with Crippen molar-refractivity contribution in [2.24, 2.45) is 4.99 Å². The topological polar surface area (TPSA) is 143 Å². The molecule has 182 valence electrons. The number of nitro groups is 2. The van der Waals surface area contributed by atoms with Crippen LogP contribution in [0.1, 0.15) is 18.1 Å². The van der Waals surface area contributed by atoms with Crippen molar-refractivity contribution in [1.82, 2.24) is 0 Å². The van der Waals surface area contributed by atoms with E-state index in [1.54, 1.807) is 31.2 Å². The van der Waals surface area contributed by atoms with Crippen LogP contribution in [-0.2, 0) is 9.53 Å². The van der Waals surface area contributed by atoms with Crippen molar-refractivity contribution in [3.63, 3.8) is 0 Å². The smallest absolute Gasteiger partial charge is 0.363 e. The first-order valence-electron chi connectivity index (χ1n) is 10.4. The summed E-state index contributed by atoms with van der Waals surface area (Å²) in [4.78, 5) is 37.5. The Morgan fingerprint density at radius 1 is 0.972 bits per heavy atom. The Balaban J connectivity index is 1.65. The number of benzene rings is 3. The monoisotopic (exact) mass is 601 g/mol. The van der Waals surface area contributed by atoms with Crippen LogP contribution in [0.4, 0.5) is 11.4 Å². The summed E-state index contributed by atoms with van der Waals surface area (Å²) in [5.41, 5.74) is 0.295. The number of halogens is 1. The Morgan fingerprint density at radius 2 is 1.69 bits per heavy atom. The van der Waals surface area contributed by atoms with E-state index in [4.69, 9.17) is 14.2 Å². The third-order valence-corrected chi connectivity index (χ3v) is 5.57. The average Bonchev–Trinajstić information content (AvgIpc) is 3.21. The summed E-state index contributed by atoms with van der Waals surface area (Å²) in [6.07, 6.45) is 1.52. The minimum absolute atomic E-state index is 0.0886. The number of aliphatic imine (C=N–C) groups is 1. The SMILES string of the molecule is CCOc1cc(/C=C2\N=C(c3ccc(I)cc3)OC2=O)ccc1Oc1ccc([N+](=O)[O-])cc1[N+](=O)[O-]. The number of non-ortho nitro benzene ring substituents is 1. The Hall–Kier alpha value is -4.33. The van der Waals surface area contributed by atoms with Crippen LogP contribution < -0.4 is 9.47 Å². The lowest BCUT2D eigenvalue weighted by Gasteiger charge is -2.12. The molecule has 0 spiro atoms. The van der Waals surface area contributed by atoms with Gasteiger partial charge in [0, 0.05) is 15.2 Å². The van der Waals surface area contributed by atoms with Crippen molar-refractivity contribution >= 4 is 51.9 Å². The number of carbonyl (C=O) groups excluding carboxylic acids is 1. The zero-order valence-corrected chi connectivity index (χ0v) is 20.7. The van der Waals surface area contributed by atoms with Gasteiger partial charge in [0.1, 0.15) is 0 Å². The number of esters is 1. The molecule has 0 atom stereocenters. The summed E-state index contributed by atoms with van der Waals surface area (Å²) in [6, 6.07) is 15.1. The third kappa shape index (κ3) is 5.49. The van der Waals surface area contributed by atoms with E-state index in [1.807, 2.05) is 12.1 Å². The van der Waals surface area contributed by atoms with E-state index in [9.17, 15) is 25.0 Å². The number of hydrogen-bond acceptors (Lipinski definition) is 9. The summed E-state index contributed by atoms with van der Waals surface area (Å²) in [6.45, 7) is 2.01. The molecule has 0 saturated heterocycles. The lowest BCUT2D eigenvalue weighted by molar-refractivity contribution is -0.394. The lowest BCUT2D eigenvalue weighted by Crippen LogP contribution is -2.05. The van der Waals surface area contributed by atoms with Gasteiger partial charge in [0.15, 0.2) is 17.2 Å². The molecule has 0 amide bonds. The van der Waals surface area contributed by atoms with E-state index in [2.05, 4.69) is 27.6 Å². The summed E-state index contributed by atoms with van der Waals surface area (Å²) in [7, 11) is 0. The molecule has 1 aliphatic rings. The Labute approximate surface area is 217 Å². The summed E-state index contributed by atoms with van der Waals surface area (Å²) >= 11 is 2.17. The van der Waals surface area contributed by atoms with Gasteiger partial charge in [0.2, 0.25) is 11.6 Å². The number of nitro benzene ring substituents is 2. The van der Waals surface area contributed by atoms with Gasteiger partial charge in [-0.1, -0.05) is 6.07 Å². The van der Waals surface area contributed by atoms with Gasteiger partial charge in [-0.25, -0.2) is 9.79 Å². The molecule has 0 fully saturated rings. The Morgan fingerprint density at radius 3 is 2.36 bits per heavy atom. The normalized spacial score (nSPS) is 13.8. The van der Waals surface area contributed by atoms with Crippen molar-refractivity contribution in [3.8, 4) is 17.2 Å². The fourth-order valence-electron chi connectivity index (χ4n) is 3.22. The largest absolute Gasteiger partial charge is 0.490 e. The standard InChI is InChI=1S/C24H16IN3O8/c1-2-34-22-12-14(11-18-24(29)36-23(26-18)15-4-6-16(25)7-5-15)3-9-21(22)35-20-10-8-17(27(30)31)13-19(20)28(32)33/h3-13H,2H2,1H3/b18-11-. The highest BCUT2D eigenvalue weighted by molar-refractivity contribution is 14.1. The maximum atomic E-state index is 12.4. The first kappa shape index (κ1) is 24.8. The molecule has 36 heavy (non-hydrogen) atoms. The van der Waals surface area contributed by atoms with Crippen LogP contribution in [-0.4, -0.2) is 28.3 Å². The van der Waals surface area contributed by atoms with Crippen LogP contribution in [0, 0.1) is 23.8 Å². The van der Waals surface area contributed by atoms with Gasteiger partial charge in [-0.15, -0.1) is 0 Å². The zero-order chi connectivity index (χ0) is 25.8. The highest BCUT2D eigenvalue weighted by Crippen LogP contribution is 2.39. The molecule has 0 aliphatic carbocycles. The van der Waals surface area contributed by atoms with Crippen molar-refractivity contribution in [2.75, 3.05) is 6.61 Å². The van der Waals surface area contributed by atoms with Gasteiger partial charge < -0.3 is 14.2 Å². The molecule has 1 aliphatic heterocycles. The molecule has 0 aromatic heterocycles. The van der Waals surface area contributed by atoms with Gasteiger partial charge in [-0.2, -0.15) is 0 Å². The Bertz CT molecular complexity index is 1430. The molecule has 1 heterocycles. The van der Waals surface area contributed by atoms with E-state index >= 15 is 0 Å². The van der Waals surface area contributed by atoms with Crippen LogP contribution in [0.15, 0.2) is 71.4 Å². The number of hydrogen-bond donors (Lipinski definition) is 0. The van der Waals surface area contributed by atoms with Gasteiger partial charge >= 0.3 is 11.7 Å². The van der Waals surface area contributed by atoms with Crippen LogP contribution in [0.3, 0.4) is 0 Å². The molecule has 0 bridgehead atoms. The second kappa shape index (κ2) is 10.5. The number of carbonyl (C=O) groups is 1. The average molecular weight is 601 g/mol. The van der Waals surface area contributed by atoms with Gasteiger partial charge in [-0.3, -0.25) is 20.2 Å². The van der Waals surface area contributed by atoms with Crippen molar-refractivity contribution in [3.05, 3.63) is 101 Å². The molecule has 0 radical (unpaired) electrons. The Kier molecular flexibility index (Phi) is 7.24. The van der Waals surface area contributed by atoms with Crippen molar-refractivity contribution < 1.29 is 28.9 Å².